The maximum atomic E-state index is 13.2. The third-order valence-corrected chi connectivity index (χ3v) is 7.04. The molecule has 0 saturated carbocycles. The van der Waals surface area contributed by atoms with E-state index in [9.17, 15) is 14.4 Å². The van der Waals surface area contributed by atoms with E-state index < -0.39 is 5.69 Å². The van der Waals surface area contributed by atoms with Gasteiger partial charge in [-0.2, -0.15) is 4.98 Å². The minimum Gasteiger partial charge on any atom is -0.340 e. The van der Waals surface area contributed by atoms with Crippen LogP contribution in [-0.2, 0) is 25.4 Å². The number of nitrogens with zero attached hydrogens (tertiary/aromatic N) is 6. The molecule has 1 amide bonds. The molecule has 1 fully saturated rings. The van der Waals surface area contributed by atoms with Gasteiger partial charge >= 0.3 is 5.69 Å². The van der Waals surface area contributed by atoms with Crippen LogP contribution in [0.5, 0.6) is 0 Å². The van der Waals surface area contributed by atoms with Gasteiger partial charge in [0.25, 0.3) is 5.56 Å². The van der Waals surface area contributed by atoms with Crippen molar-refractivity contribution in [2.45, 2.75) is 20.4 Å². The summed E-state index contributed by atoms with van der Waals surface area (Å²) < 4.78 is 4.46. The molecule has 0 radical (unpaired) electrons. The van der Waals surface area contributed by atoms with Gasteiger partial charge in [0.15, 0.2) is 11.2 Å². The summed E-state index contributed by atoms with van der Waals surface area (Å²) in [6.45, 7) is 7.42. The quantitative estimate of drug-likeness (QED) is 0.421. The van der Waals surface area contributed by atoms with Crippen LogP contribution in [0.2, 0.25) is 0 Å². The molecule has 1 N–H and O–H groups in total. The summed E-state index contributed by atoms with van der Waals surface area (Å²) in [4.78, 5) is 47.5. The van der Waals surface area contributed by atoms with Crippen molar-refractivity contribution in [2.75, 3.05) is 42.9 Å². The molecular formula is C28H33N7O3. The van der Waals surface area contributed by atoms with Crippen molar-refractivity contribution in [1.29, 1.82) is 0 Å². The first-order chi connectivity index (χ1) is 18.2. The first-order valence-electron chi connectivity index (χ1n) is 12.8. The predicted octanol–water partition coefficient (Wildman–Crippen LogP) is 1.86. The molecule has 0 atom stereocenters. The summed E-state index contributed by atoms with van der Waals surface area (Å²) in [5.41, 5.74) is 4.08. The number of amides is 1. The monoisotopic (exact) mass is 515 g/mol. The fourth-order valence-corrected chi connectivity index (χ4v) is 5.15. The number of hydrogen-bond acceptors (Lipinski definition) is 6. The molecule has 4 aromatic rings. The number of fused-ring (bicyclic) bond motifs is 1. The fourth-order valence-electron chi connectivity index (χ4n) is 5.15. The lowest BCUT2D eigenvalue weighted by molar-refractivity contribution is -0.117. The van der Waals surface area contributed by atoms with Crippen LogP contribution in [-0.4, -0.2) is 62.2 Å². The van der Waals surface area contributed by atoms with Gasteiger partial charge in [-0.05, 0) is 42.7 Å². The number of benzene rings is 2. The normalized spacial score (nSPS) is 14.3. The molecular weight excluding hydrogens is 482 g/mol. The van der Waals surface area contributed by atoms with Gasteiger partial charge in [-0.1, -0.05) is 36.4 Å². The van der Waals surface area contributed by atoms with E-state index in [0.717, 1.165) is 26.9 Å². The minimum absolute atomic E-state index is 0.0433. The number of rotatable bonds is 6. The Morgan fingerprint density at radius 3 is 2.24 bits per heavy atom. The number of aromatic nitrogens is 4. The summed E-state index contributed by atoms with van der Waals surface area (Å²) in [6, 6.07) is 15.9. The Morgan fingerprint density at radius 2 is 1.58 bits per heavy atom. The second-order valence-electron chi connectivity index (χ2n) is 10.0. The molecule has 2 aromatic carbocycles. The van der Waals surface area contributed by atoms with E-state index in [1.165, 1.54) is 11.6 Å². The lowest BCUT2D eigenvalue weighted by Gasteiger charge is -2.35. The summed E-state index contributed by atoms with van der Waals surface area (Å²) in [5.74, 6) is 0.611. The van der Waals surface area contributed by atoms with Crippen molar-refractivity contribution in [3.8, 4) is 0 Å². The predicted molar refractivity (Wildman–Crippen MR) is 149 cm³/mol. The van der Waals surface area contributed by atoms with Gasteiger partial charge in [-0.15, -0.1) is 0 Å². The number of imidazole rings is 1. The van der Waals surface area contributed by atoms with Crippen molar-refractivity contribution < 1.29 is 4.79 Å². The molecule has 10 heteroatoms. The van der Waals surface area contributed by atoms with Gasteiger partial charge in [-0.3, -0.25) is 28.2 Å². The first kappa shape index (κ1) is 25.5. The first-order valence-corrected chi connectivity index (χ1v) is 12.8. The summed E-state index contributed by atoms with van der Waals surface area (Å²) in [7, 11) is 3.13. The molecule has 0 bridgehead atoms. The Labute approximate surface area is 220 Å². The van der Waals surface area contributed by atoms with Gasteiger partial charge in [0.2, 0.25) is 11.9 Å². The van der Waals surface area contributed by atoms with Crippen LogP contribution >= 0.6 is 0 Å². The summed E-state index contributed by atoms with van der Waals surface area (Å²) in [5, 5.41) is 3.01. The molecule has 38 heavy (non-hydrogen) atoms. The second-order valence-corrected chi connectivity index (χ2v) is 10.0. The topological polar surface area (TPSA) is 97.4 Å². The van der Waals surface area contributed by atoms with Gasteiger partial charge in [0, 0.05) is 46.0 Å². The average molecular weight is 516 g/mol. The van der Waals surface area contributed by atoms with Crippen LogP contribution in [0.25, 0.3) is 11.2 Å². The third kappa shape index (κ3) is 4.99. The number of aryl methyl sites for hydroxylation is 3. The van der Waals surface area contributed by atoms with E-state index in [4.69, 9.17) is 4.98 Å². The van der Waals surface area contributed by atoms with Crippen molar-refractivity contribution in [3.05, 3.63) is 86.1 Å². The Bertz CT molecular complexity index is 1590. The molecule has 5 rings (SSSR count). The van der Waals surface area contributed by atoms with Gasteiger partial charge in [-0.25, -0.2) is 4.79 Å². The lowest BCUT2D eigenvalue weighted by atomic mass is 10.1. The molecule has 3 heterocycles. The standard InChI is InChI=1S/C28H33N7O3/c1-19-14-20(2)16-22(15-19)29-23(36)18-33-10-12-34(13-11-33)27-30-25-24(26(37)32(4)28(38)31(25)3)35(27)17-21-8-6-5-7-9-21/h5-9,14-16H,10-13,17-18H2,1-4H3,(H,29,36). The van der Waals surface area contributed by atoms with Crippen LogP contribution in [0, 0.1) is 13.8 Å². The number of anilines is 2. The van der Waals surface area contributed by atoms with Gasteiger partial charge < -0.3 is 10.2 Å². The van der Waals surface area contributed by atoms with Crippen molar-refractivity contribution in [3.63, 3.8) is 0 Å². The van der Waals surface area contributed by atoms with Crippen molar-refractivity contribution in [2.24, 2.45) is 14.1 Å². The number of hydrogen-bond donors (Lipinski definition) is 1. The van der Waals surface area contributed by atoms with Crippen molar-refractivity contribution in [1.82, 2.24) is 23.6 Å². The largest absolute Gasteiger partial charge is 0.340 e. The van der Waals surface area contributed by atoms with Gasteiger partial charge in [0.05, 0.1) is 13.1 Å². The molecule has 0 unspecified atom stereocenters. The van der Waals surface area contributed by atoms with E-state index in [1.54, 1.807) is 7.05 Å². The molecule has 1 saturated heterocycles. The van der Waals surface area contributed by atoms with E-state index >= 15 is 0 Å². The lowest BCUT2D eigenvalue weighted by Crippen LogP contribution is -2.49. The van der Waals surface area contributed by atoms with E-state index in [0.29, 0.717) is 56.4 Å². The highest BCUT2D eigenvalue weighted by Crippen LogP contribution is 2.23. The van der Waals surface area contributed by atoms with Gasteiger partial charge in [0.1, 0.15) is 0 Å². The zero-order chi connectivity index (χ0) is 27.0. The van der Waals surface area contributed by atoms with Crippen LogP contribution in [0.15, 0.2) is 58.1 Å². The zero-order valence-corrected chi connectivity index (χ0v) is 22.3. The zero-order valence-electron chi connectivity index (χ0n) is 22.3. The van der Waals surface area contributed by atoms with Crippen LogP contribution in [0.4, 0.5) is 11.6 Å². The number of piperazine rings is 1. The molecule has 1 aliphatic heterocycles. The second kappa shape index (κ2) is 10.3. The Hall–Kier alpha value is -4.18. The Balaban J connectivity index is 1.37. The highest BCUT2D eigenvalue weighted by molar-refractivity contribution is 5.92. The highest BCUT2D eigenvalue weighted by atomic mass is 16.2. The van der Waals surface area contributed by atoms with Crippen LogP contribution in [0.3, 0.4) is 0 Å². The number of carbonyl (C=O) groups is 1. The minimum atomic E-state index is -0.405. The maximum absolute atomic E-state index is 13.2. The fraction of sp³-hybridized carbons (Fsp3) is 0.357. The molecule has 198 valence electrons. The Kier molecular flexibility index (Phi) is 6.90. The summed E-state index contributed by atoms with van der Waals surface area (Å²) >= 11 is 0. The number of carbonyl (C=O) groups excluding carboxylic acids is 1. The van der Waals surface area contributed by atoms with Crippen molar-refractivity contribution >= 4 is 28.7 Å². The van der Waals surface area contributed by atoms with E-state index in [1.807, 2.05) is 60.9 Å². The SMILES string of the molecule is Cc1cc(C)cc(NC(=O)CN2CCN(c3nc4c(c(=O)n(C)c(=O)n4C)n3Cc3ccccc3)CC2)c1. The molecule has 2 aromatic heterocycles. The molecule has 0 aliphatic carbocycles. The summed E-state index contributed by atoms with van der Waals surface area (Å²) in [6.07, 6.45) is 0. The molecule has 1 aliphatic rings. The van der Waals surface area contributed by atoms with Crippen LogP contribution < -0.4 is 21.5 Å². The van der Waals surface area contributed by atoms with Crippen LogP contribution in [0.1, 0.15) is 16.7 Å². The highest BCUT2D eigenvalue weighted by Gasteiger charge is 2.26. The van der Waals surface area contributed by atoms with E-state index in [-0.39, 0.29) is 11.5 Å². The Morgan fingerprint density at radius 1 is 0.921 bits per heavy atom. The number of nitrogens with one attached hydrogen (secondary N) is 1. The maximum Gasteiger partial charge on any atom is 0.332 e. The smallest absolute Gasteiger partial charge is 0.332 e. The average Bonchev–Trinajstić information content (AvgIpc) is 3.25. The molecule has 0 spiro atoms. The van der Waals surface area contributed by atoms with E-state index in [2.05, 4.69) is 21.2 Å². The third-order valence-electron chi connectivity index (χ3n) is 7.04. The molecule has 10 nitrogen and oxygen atoms in total.